The van der Waals surface area contributed by atoms with Crippen molar-refractivity contribution in [3.8, 4) is 6.07 Å². The van der Waals surface area contributed by atoms with E-state index in [0.717, 1.165) is 25.7 Å². The average Bonchev–Trinajstić information content (AvgIpc) is 2.16. The Labute approximate surface area is 99.4 Å². The van der Waals surface area contributed by atoms with E-state index in [1.54, 1.807) is 0 Å². The van der Waals surface area contributed by atoms with Gasteiger partial charge >= 0.3 is 6.18 Å². The molecule has 0 aromatic rings. The van der Waals surface area contributed by atoms with Gasteiger partial charge in [-0.2, -0.15) is 18.4 Å². The maximum Gasteiger partial charge on any atom is 0.394 e. The van der Waals surface area contributed by atoms with Gasteiger partial charge in [0.25, 0.3) is 0 Å². The average molecular weight is 246 g/mol. The fourth-order valence-corrected chi connectivity index (χ4v) is 2.86. The van der Waals surface area contributed by atoms with Crippen molar-refractivity contribution in [2.75, 3.05) is 13.1 Å². The van der Waals surface area contributed by atoms with Crippen LogP contribution >= 0.6 is 0 Å². The summed E-state index contributed by atoms with van der Waals surface area (Å²) >= 11 is 0. The maximum absolute atomic E-state index is 12.3. The molecule has 1 heterocycles. The Bertz CT molecular complexity index is 294. The van der Waals surface area contributed by atoms with Gasteiger partial charge in [-0.1, -0.05) is 0 Å². The molecule has 1 aliphatic carbocycles. The van der Waals surface area contributed by atoms with Crippen LogP contribution in [-0.2, 0) is 0 Å². The van der Waals surface area contributed by atoms with Crippen LogP contribution in [0.1, 0.15) is 32.1 Å². The third kappa shape index (κ3) is 2.92. The van der Waals surface area contributed by atoms with Gasteiger partial charge in [0.1, 0.15) is 0 Å². The number of hydrogen-bond acceptors (Lipinski definition) is 2. The van der Waals surface area contributed by atoms with Crippen LogP contribution in [0.25, 0.3) is 0 Å². The van der Waals surface area contributed by atoms with Crippen LogP contribution < -0.4 is 0 Å². The summed E-state index contributed by atoms with van der Waals surface area (Å²) in [4.78, 5) is 1.96. The number of nitrogens with zero attached hydrogens (tertiary/aromatic N) is 2. The molecule has 1 aliphatic heterocycles. The number of hydrogen-bond donors (Lipinski definition) is 0. The molecule has 0 bridgehead atoms. The van der Waals surface area contributed by atoms with Crippen molar-refractivity contribution in [2.45, 2.75) is 44.3 Å². The van der Waals surface area contributed by atoms with Crippen LogP contribution in [-0.4, -0.2) is 30.2 Å². The van der Waals surface area contributed by atoms with Gasteiger partial charge in [-0.25, -0.2) is 0 Å². The maximum atomic E-state index is 12.3. The fraction of sp³-hybridized carbons (Fsp3) is 0.917. The molecule has 0 atom stereocenters. The molecular weight excluding hydrogens is 229 g/mol. The molecule has 2 rings (SSSR count). The Morgan fingerprint density at radius 2 is 1.71 bits per heavy atom. The van der Waals surface area contributed by atoms with E-state index in [0.29, 0.717) is 18.4 Å². The Morgan fingerprint density at radius 1 is 1.12 bits per heavy atom. The van der Waals surface area contributed by atoms with Gasteiger partial charge in [0, 0.05) is 25.6 Å². The number of halogens is 3. The van der Waals surface area contributed by atoms with Gasteiger partial charge in [-0.15, -0.1) is 0 Å². The van der Waals surface area contributed by atoms with Crippen LogP contribution in [0.4, 0.5) is 13.2 Å². The molecule has 5 heteroatoms. The molecule has 0 aromatic carbocycles. The molecule has 17 heavy (non-hydrogen) atoms. The van der Waals surface area contributed by atoms with E-state index in [1.165, 1.54) is 0 Å². The first-order chi connectivity index (χ1) is 8.00. The minimum atomic E-state index is -4.02. The molecule has 0 spiro atoms. The molecule has 0 aromatic heterocycles. The van der Waals surface area contributed by atoms with Crippen molar-refractivity contribution in [3.05, 3.63) is 0 Å². The lowest BCUT2D eigenvalue weighted by Gasteiger charge is -2.46. The van der Waals surface area contributed by atoms with Crippen molar-refractivity contribution in [1.82, 2.24) is 4.90 Å². The van der Waals surface area contributed by atoms with Crippen molar-refractivity contribution in [3.63, 3.8) is 0 Å². The molecule has 1 saturated heterocycles. The zero-order valence-corrected chi connectivity index (χ0v) is 9.71. The van der Waals surface area contributed by atoms with Gasteiger partial charge < -0.3 is 0 Å². The first kappa shape index (κ1) is 12.7. The molecule has 0 unspecified atom stereocenters. The van der Waals surface area contributed by atoms with E-state index in [1.807, 2.05) is 4.90 Å². The number of nitriles is 1. The summed E-state index contributed by atoms with van der Waals surface area (Å²) < 4.78 is 37.0. The second-order valence-corrected chi connectivity index (χ2v) is 5.23. The molecule has 96 valence electrons. The van der Waals surface area contributed by atoms with Gasteiger partial charge in [-0.3, -0.25) is 4.90 Å². The third-order valence-electron chi connectivity index (χ3n) is 4.09. The van der Waals surface area contributed by atoms with E-state index >= 15 is 0 Å². The summed E-state index contributed by atoms with van der Waals surface area (Å²) in [6.45, 7) is 0.355. The van der Waals surface area contributed by atoms with E-state index < -0.39 is 12.1 Å². The number of alkyl halides is 3. The minimum Gasteiger partial charge on any atom is -0.299 e. The van der Waals surface area contributed by atoms with Crippen LogP contribution in [0.3, 0.4) is 0 Å². The quantitative estimate of drug-likeness (QED) is 0.749. The fourth-order valence-electron chi connectivity index (χ4n) is 2.86. The summed E-state index contributed by atoms with van der Waals surface area (Å²) in [7, 11) is 0. The summed E-state index contributed by atoms with van der Waals surface area (Å²) in [6, 6.07) is 2.50. The number of likely N-dealkylation sites (tertiary alicyclic amines) is 1. The third-order valence-corrected chi connectivity index (χ3v) is 4.09. The standard InChI is InChI=1S/C12H17F3N2/c13-12(14,15)10-7-17(8-10)11-3-1-9(2-4-11)5-6-16/h9-11H,1-5,7-8H2/t9-,11+. The van der Waals surface area contributed by atoms with Crippen molar-refractivity contribution < 1.29 is 13.2 Å². The Kier molecular flexibility index (Phi) is 3.62. The summed E-state index contributed by atoms with van der Waals surface area (Å²) in [5, 5.41) is 8.59. The largest absolute Gasteiger partial charge is 0.394 e. The monoisotopic (exact) mass is 246 g/mol. The van der Waals surface area contributed by atoms with Crippen LogP contribution in [0.15, 0.2) is 0 Å². The smallest absolute Gasteiger partial charge is 0.299 e. The van der Waals surface area contributed by atoms with E-state index in [9.17, 15) is 13.2 Å². The Balaban J connectivity index is 1.72. The zero-order valence-electron chi connectivity index (χ0n) is 9.71. The predicted octanol–water partition coefficient (Wildman–Crippen LogP) is 2.95. The number of rotatable bonds is 2. The highest BCUT2D eigenvalue weighted by Gasteiger charge is 2.48. The molecular formula is C12H17F3N2. The lowest BCUT2D eigenvalue weighted by molar-refractivity contribution is -0.215. The second-order valence-electron chi connectivity index (χ2n) is 5.23. The zero-order chi connectivity index (χ0) is 12.5. The lowest BCUT2D eigenvalue weighted by Crippen LogP contribution is -2.57. The molecule has 2 nitrogen and oxygen atoms in total. The molecule has 0 radical (unpaired) electrons. The molecule has 0 amide bonds. The molecule has 1 saturated carbocycles. The van der Waals surface area contributed by atoms with Gasteiger partial charge in [0.05, 0.1) is 12.0 Å². The minimum absolute atomic E-state index is 0.178. The van der Waals surface area contributed by atoms with Gasteiger partial charge in [0.15, 0.2) is 0 Å². The first-order valence-corrected chi connectivity index (χ1v) is 6.18. The summed E-state index contributed by atoms with van der Waals surface area (Å²) in [6.07, 6.45) is 0.469. The van der Waals surface area contributed by atoms with Gasteiger partial charge in [-0.05, 0) is 31.6 Å². The van der Waals surface area contributed by atoms with Gasteiger partial charge in [0.2, 0.25) is 0 Å². The lowest BCUT2D eigenvalue weighted by atomic mass is 9.82. The van der Waals surface area contributed by atoms with Crippen molar-refractivity contribution >= 4 is 0 Å². The Hall–Kier alpha value is -0.760. The highest BCUT2D eigenvalue weighted by Crippen LogP contribution is 2.38. The van der Waals surface area contributed by atoms with Crippen LogP contribution in [0, 0.1) is 23.2 Å². The highest BCUT2D eigenvalue weighted by atomic mass is 19.4. The van der Waals surface area contributed by atoms with E-state index in [2.05, 4.69) is 6.07 Å². The topological polar surface area (TPSA) is 27.0 Å². The SMILES string of the molecule is N#CC[C@H]1CC[C@@H](N2CC(C(F)(F)F)C2)CC1. The van der Waals surface area contributed by atoms with Crippen LogP contribution in [0.2, 0.25) is 0 Å². The molecule has 2 fully saturated rings. The molecule has 2 aliphatic rings. The van der Waals surface area contributed by atoms with E-state index in [4.69, 9.17) is 5.26 Å². The normalized spacial score (nSPS) is 31.9. The summed E-state index contributed by atoms with van der Waals surface area (Å²) in [5.74, 6) is -0.643. The van der Waals surface area contributed by atoms with E-state index in [-0.39, 0.29) is 13.1 Å². The summed E-state index contributed by atoms with van der Waals surface area (Å²) in [5.41, 5.74) is 0. The predicted molar refractivity (Wildman–Crippen MR) is 57.1 cm³/mol. The molecule has 0 N–H and O–H groups in total. The Morgan fingerprint density at radius 3 is 2.18 bits per heavy atom. The van der Waals surface area contributed by atoms with Crippen LogP contribution in [0.5, 0.6) is 0 Å². The first-order valence-electron chi connectivity index (χ1n) is 6.18. The highest BCUT2D eigenvalue weighted by molar-refractivity contribution is 4.92. The second kappa shape index (κ2) is 4.85. The van der Waals surface area contributed by atoms with Crippen molar-refractivity contribution in [1.29, 1.82) is 5.26 Å². The van der Waals surface area contributed by atoms with Crippen molar-refractivity contribution in [2.24, 2.45) is 11.8 Å².